The van der Waals surface area contributed by atoms with Crippen LogP contribution in [0.2, 0.25) is 0 Å². The number of carboxylic acid groups (broad SMARTS) is 1. The molecular weight excluding hydrogens is 246 g/mol. The lowest BCUT2D eigenvalue weighted by Gasteiger charge is -2.26. The fourth-order valence-corrected chi connectivity index (χ4v) is 2.64. The molecule has 0 spiro atoms. The first-order chi connectivity index (χ1) is 9.16. The van der Waals surface area contributed by atoms with Gasteiger partial charge in [0, 0.05) is 12.2 Å². The lowest BCUT2D eigenvalue weighted by molar-refractivity contribution is 0.0690. The Morgan fingerprint density at radius 3 is 2.79 bits per heavy atom. The second-order valence-electron chi connectivity index (χ2n) is 4.93. The van der Waals surface area contributed by atoms with Crippen LogP contribution >= 0.6 is 0 Å². The van der Waals surface area contributed by atoms with Gasteiger partial charge in [-0.1, -0.05) is 0 Å². The maximum Gasteiger partial charge on any atom is 0.357 e. The summed E-state index contributed by atoms with van der Waals surface area (Å²) < 4.78 is 1.73. The minimum atomic E-state index is -1.05. The van der Waals surface area contributed by atoms with Gasteiger partial charge in [-0.05, 0) is 25.7 Å². The number of nitrogens with zero attached hydrogens (tertiary/aromatic N) is 4. The summed E-state index contributed by atoms with van der Waals surface area (Å²) in [6, 6.07) is 0.414. The van der Waals surface area contributed by atoms with Crippen molar-refractivity contribution in [1.29, 1.82) is 0 Å². The molecule has 3 rings (SSSR count). The second-order valence-corrected chi connectivity index (χ2v) is 4.93. The van der Waals surface area contributed by atoms with Crippen LogP contribution in [0.5, 0.6) is 0 Å². The highest BCUT2D eigenvalue weighted by Gasteiger charge is 2.25. The van der Waals surface area contributed by atoms with Gasteiger partial charge in [0.05, 0.1) is 11.4 Å². The Bertz CT molecular complexity index is 616. The lowest BCUT2D eigenvalue weighted by Crippen LogP contribution is -2.28. The average molecular weight is 261 g/mol. The summed E-state index contributed by atoms with van der Waals surface area (Å²) in [5, 5.41) is 13.9. The molecule has 0 unspecified atom stereocenters. The quantitative estimate of drug-likeness (QED) is 0.834. The number of carboxylic acids is 1. The molecule has 2 aromatic rings. The van der Waals surface area contributed by atoms with E-state index in [9.17, 15) is 9.90 Å². The Balaban J connectivity index is 2.06. The fraction of sp³-hybridized carbons (Fsp3) is 0.500. The molecule has 19 heavy (non-hydrogen) atoms. The molecule has 3 N–H and O–H groups in total. The molecule has 100 valence electrons. The average Bonchev–Trinajstić information content (AvgIpc) is 2.79. The van der Waals surface area contributed by atoms with Crippen LogP contribution in [-0.2, 0) is 0 Å². The SMILES string of the molecule is NC1CCC(n2nc(C(=O)O)c3cncnc32)CC1. The van der Waals surface area contributed by atoms with Crippen molar-refractivity contribution < 1.29 is 9.90 Å². The second kappa shape index (κ2) is 4.58. The highest BCUT2D eigenvalue weighted by molar-refractivity contribution is 5.99. The van der Waals surface area contributed by atoms with E-state index in [0.29, 0.717) is 11.0 Å². The van der Waals surface area contributed by atoms with E-state index in [0.717, 1.165) is 25.7 Å². The van der Waals surface area contributed by atoms with Crippen LogP contribution in [0.3, 0.4) is 0 Å². The molecule has 2 heterocycles. The highest BCUT2D eigenvalue weighted by atomic mass is 16.4. The van der Waals surface area contributed by atoms with Crippen molar-refractivity contribution in [2.24, 2.45) is 5.73 Å². The number of hydrogen-bond acceptors (Lipinski definition) is 5. The van der Waals surface area contributed by atoms with E-state index in [1.165, 1.54) is 12.5 Å². The van der Waals surface area contributed by atoms with Crippen molar-refractivity contribution in [2.75, 3.05) is 0 Å². The maximum atomic E-state index is 11.2. The minimum absolute atomic E-state index is 0.0190. The topological polar surface area (TPSA) is 107 Å². The monoisotopic (exact) mass is 261 g/mol. The number of rotatable bonds is 2. The van der Waals surface area contributed by atoms with Crippen molar-refractivity contribution in [3.8, 4) is 0 Å². The summed E-state index contributed by atoms with van der Waals surface area (Å²) in [5.41, 5.74) is 6.50. The predicted molar refractivity (Wildman–Crippen MR) is 67.8 cm³/mol. The van der Waals surface area contributed by atoms with Gasteiger partial charge in [-0.15, -0.1) is 0 Å². The van der Waals surface area contributed by atoms with Gasteiger partial charge in [0.25, 0.3) is 0 Å². The Morgan fingerprint density at radius 1 is 1.37 bits per heavy atom. The predicted octanol–water partition coefficient (Wildman–Crippen LogP) is 0.967. The summed E-state index contributed by atoms with van der Waals surface area (Å²) in [5.74, 6) is -1.05. The Morgan fingerprint density at radius 2 is 2.11 bits per heavy atom. The molecule has 1 aliphatic rings. The van der Waals surface area contributed by atoms with Crippen LogP contribution in [0.4, 0.5) is 0 Å². The van der Waals surface area contributed by atoms with Crippen LogP contribution < -0.4 is 5.73 Å². The normalized spacial score (nSPS) is 23.6. The number of nitrogens with two attached hydrogens (primary N) is 1. The van der Waals surface area contributed by atoms with Crippen molar-refractivity contribution in [2.45, 2.75) is 37.8 Å². The molecule has 2 aromatic heterocycles. The Hall–Kier alpha value is -2.02. The van der Waals surface area contributed by atoms with E-state index in [4.69, 9.17) is 5.73 Å². The van der Waals surface area contributed by atoms with E-state index in [2.05, 4.69) is 15.1 Å². The first kappa shape index (κ1) is 12.0. The highest BCUT2D eigenvalue weighted by Crippen LogP contribution is 2.30. The number of carbonyl (C=O) groups is 1. The van der Waals surface area contributed by atoms with E-state index in [1.54, 1.807) is 4.68 Å². The van der Waals surface area contributed by atoms with Gasteiger partial charge >= 0.3 is 5.97 Å². The van der Waals surface area contributed by atoms with Crippen molar-refractivity contribution in [3.63, 3.8) is 0 Å². The molecule has 1 aliphatic carbocycles. The zero-order valence-electron chi connectivity index (χ0n) is 10.4. The zero-order chi connectivity index (χ0) is 13.4. The summed E-state index contributed by atoms with van der Waals surface area (Å²) in [4.78, 5) is 19.3. The van der Waals surface area contributed by atoms with Gasteiger partial charge in [-0.3, -0.25) is 0 Å². The third-order valence-corrected chi connectivity index (χ3v) is 3.66. The van der Waals surface area contributed by atoms with Crippen LogP contribution in [0.1, 0.15) is 42.2 Å². The molecule has 1 fully saturated rings. The van der Waals surface area contributed by atoms with Crippen LogP contribution in [-0.4, -0.2) is 36.9 Å². The first-order valence-electron chi connectivity index (χ1n) is 6.34. The zero-order valence-corrected chi connectivity index (χ0v) is 10.4. The maximum absolute atomic E-state index is 11.2. The van der Waals surface area contributed by atoms with Gasteiger partial charge in [-0.25, -0.2) is 19.4 Å². The standard InChI is InChI=1S/C12H15N5O2/c13-7-1-3-8(4-2-7)17-11-9(5-14-6-15-11)10(16-17)12(18)19/h5-8H,1-4,13H2,(H,18,19). The minimum Gasteiger partial charge on any atom is -0.476 e. The van der Waals surface area contributed by atoms with E-state index < -0.39 is 5.97 Å². The van der Waals surface area contributed by atoms with Gasteiger partial charge in [0.15, 0.2) is 11.3 Å². The van der Waals surface area contributed by atoms with E-state index in [-0.39, 0.29) is 17.8 Å². The summed E-state index contributed by atoms with van der Waals surface area (Å²) in [6.07, 6.45) is 6.59. The van der Waals surface area contributed by atoms with Crippen LogP contribution in [0.25, 0.3) is 11.0 Å². The van der Waals surface area contributed by atoms with Crippen molar-refractivity contribution in [3.05, 3.63) is 18.2 Å². The summed E-state index contributed by atoms with van der Waals surface area (Å²) in [7, 11) is 0. The molecular formula is C12H15N5O2. The fourth-order valence-electron chi connectivity index (χ4n) is 2.64. The molecule has 0 saturated heterocycles. The Kier molecular flexibility index (Phi) is 2.90. The van der Waals surface area contributed by atoms with Crippen molar-refractivity contribution >= 4 is 17.0 Å². The van der Waals surface area contributed by atoms with E-state index in [1.807, 2.05) is 0 Å². The number of fused-ring (bicyclic) bond motifs is 1. The molecule has 0 amide bonds. The molecule has 0 radical (unpaired) electrons. The van der Waals surface area contributed by atoms with Crippen molar-refractivity contribution in [1.82, 2.24) is 19.7 Å². The van der Waals surface area contributed by atoms with E-state index >= 15 is 0 Å². The van der Waals surface area contributed by atoms with Crippen LogP contribution in [0, 0.1) is 0 Å². The molecule has 7 nitrogen and oxygen atoms in total. The molecule has 0 aromatic carbocycles. The van der Waals surface area contributed by atoms with Gasteiger partial charge in [0.1, 0.15) is 6.33 Å². The molecule has 7 heteroatoms. The third-order valence-electron chi connectivity index (χ3n) is 3.66. The first-order valence-corrected chi connectivity index (χ1v) is 6.34. The van der Waals surface area contributed by atoms with Gasteiger partial charge in [-0.2, -0.15) is 5.10 Å². The molecule has 0 bridgehead atoms. The summed E-state index contributed by atoms with van der Waals surface area (Å²) in [6.45, 7) is 0. The molecule has 1 saturated carbocycles. The molecule has 0 aliphatic heterocycles. The van der Waals surface area contributed by atoms with Crippen LogP contribution in [0.15, 0.2) is 12.5 Å². The smallest absolute Gasteiger partial charge is 0.357 e. The Labute approximate surface area is 109 Å². The number of aromatic carboxylic acids is 1. The lowest BCUT2D eigenvalue weighted by atomic mass is 9.92. The number of aromatic nitrogens is 4. The van der Waals surface area contributed by atoms with Gasteiger partial charge < -0.3 is 10.8 Å². The molecule has 0 atom stereocenters. The largest absolute Gasteiger partial charge is 0.476 e. The van der Waals surface area contributed by atoms with Gasteiger partial charge in [0.2, 0.25) is 0 Å². The third kappa shape index (κ3) is 2.06. The number of hydrogen-bond donors (Lipinski definition) is 2. The summed E-state index contributed by atoms with van der Waals surface area (Å²) >= 11 is 0.